The Kier molecular flexibility index (Phi) is 8.41. The Hall–Kier alpha value is -2.60. The molecule has 0 radical (unpaired) electrons. The highest BCUT2D eigenvalue weighted by atomic mass is 32.2. The number of carbonyl (C=O) groups is 1. The lowest BCUT2D eigenvalue weighted by Gasteiger charge is -2.35. The fourth-order valence-corrected chi connectivity index (χ4v) is 7.27. The van der Waals surface area contributed by atoms with Gasteiger partial charge < -0.3 is 15.9 Å². The van der Waals surface area contributed by atoms with Crippen LogP contribution in [0.3, 0.4) is 0 Å². The van der Waals surface area contributed by atoms with Gasteiger partial charge >= 0.3 is 0 Å². The predicted molar refractivity (Wildman–Crippen MR) is 151 cm³/mol. The van der Waals surface area contributed by atoms with Crippen molar-refractivity contribution in [3.05, 3.63) is 52.1 Å². The molecule has 9 nitrogen and oxygen atoms in total. The fourth-order valence-electron chi connectivity index (χ4n) is 4.87. The molecule has 2 heterocycles. The normalized spacial score (nSPS) is 17.2. The van der Waals surface area contributed by atoms with E-state index in [1.54, 1.807) is 11.2 Å². The molecule has 38 heavy (non-hydrogen) atoms. The number of nitrogens with two attached hydrogens (primary N) is 1. The third kappa shape index (κ3) is 6.01. The van der Waals surface area contributed by atoms with E-state index < -0.39 is 16.1 Å². The maximum absolute atomic E-state index is 13.1. The molecule has 0 bridgehead atoms. The molecule has 1 atom stereocenters. The van der Waals surface area contributed by atoms with Gasteiger partial charge in [0.15, 0.2) is 0 Å². The number of nitrogens with zero attached hydrogens (tertiary/aromatic N) is 2. The Morgan fingerprint density at radius 3 is 2.71 bits per heavy atom. The number of fused-ring (bicyclic) bond motifs is 2. The van der Waals surface area contributed by atoms with Crippen LogP contribution in [-0.2, 0) is 27.8 Å². The fraction of sp³-hybridized carbons (Fsp3) is 0.481. The number of carbonyl (C=O) groups excluding carboxylic acids is 1. The van der Waals surface area contributed by atoms with Gasteiger partial charge in [-0.3, -0.25) is 9.10 Å². The molecule has 1 amide bonds. The van der Waals surface area contributed by atoms with Crippen LogP contribution in [0.1, 0.15) is 60.9 Å². The average Bonchev–Trinajstić information content (AvgIpc) is 3.30. The van der Waals surface area contributed by atoms with Gasteiger partial charge in [-0.1, -0.05) is 18.2 Å². The number of hydrogen-bond donors (Lipinski definition) is 3. The second kappa shape index (κ2) is 11.3. The van der Waals surface area contributed by atoms with Crippen molar-refractivity contribution in [2.45, 2.75) is 88.3 Å². The maximum Gasteiger partial charge on any atom is 0.284 e. The van der Waals surface area contributed by atoms with Crippen LogP contribution in [0, 0.1) is 20.8 Å². The molecule has 4 rings (SSSR count). The van der Waals surface area contributed by atoms with Gasteiger partial charge in [-0.15, -0.1) is 4.40 Å². The van der Waals surface area contributed by atoms with Crippen LogP contribution < -0.4 is 21.3 Å². The van der Waals surface area contributed by atoms with Crippen LogP contribution in [0.2, 0.25) is 0 Å². The minimum absolute atomic E-state index is 0.0909. The summed E-state index contributed by atoms with van der Waals surface area (Å²) in [6, 6.07) is 7.34. The molecule has 0 aliphatic carbocycles. The largest absolute Gasteiger partial charge is 0.487 e. The van der Waals surface area contributed by atoms with E-state index in [0.717, 1.165) is 46.5 Å². The zero-order valence-corrected chi connectivity index (χ0v) is 24.3. The smallest absolute Gasteiger partial charge is 0.284 e. The molecule has 0 spiro atoms. The second-order valence-corrected chi connectivity index (χ2v) is 13.1. The quantitative estimate of drug-likeness (QED) is 0.140. The molecule has 0 fully saturated rings. The molecule has 0 unspecified atom stereocenters. The van der Waals surface area contributed by atoms with Gasteiger partial charge in [0.2, 0.25) is 5.91 Å². The van der Waals surface area contributed by atoms with E-state index in [-0.39, 0.29) is 16.4 Å². The van der Waals surface area contributed by atoms with Crippen molar-refractivity contribution in [1.29, 1.82) is 0 Å². The number of ether oxygens (including phenoxy) is 1. The Labute approximate surface area is 229 Å². The first-order valence-electron chi connectivity index (χ1n) is 12.8. The van der Waals surface area contributed by atoms with Crippen molar-refractivity contribution in [1.82, 2.24) is 15.2 Å². The van der Waals surface area contributed by atoms with Crippen LogP contribution in [0.4, 0.5) is 0 Å². The Bertz CT molecular complexity index is 1330. The lowest BCUT2D eigenvalue weighted by molar-refractivity contribution is -0.127. The van der Waals surface area contributed by atoms with Crippen LogP contribution in [-0.4, -0.2) is 43.2 Å². The lowest BCUT2D eigenvalue weighted by Crippen LogP contribution is -2.40. The first-order chi connectivity index (χ1) is 17.9. The Morgan fingerprint density at radius 1 is 1.24 bits per heavy atom. The third-order valence-electron chi connectivity index (χ3n) is 7.16. The highest BCUT2D eigenvalue weighted by molar-refractivity contribution is 7.97. The molecule has 0 saturated heterocycles. The number of nitrogens with one attached hydrogen (secondary N) is 2. The van der Waals surface area contributed by atoms with Crippen LogP contribution in [0.5, 0.6) is 5.75 Å². The van der Waals surface area contributed by atoms with Gasteiger partial charge in [-0.05, 0) is 106 Å². The average molecular weight is 560 g/mol. The standard InChI is InChI=1S/C27H37N5O4S2/c1-17-18(2)25(19(3)21-12-13-27(4,5)36-24(17)21)38(34,35)31-16-30-29-14-8-10-22(28)26(33)32-15-20-9-6-7-11-23(20)37-32/h6-7,9,11,16,22,29H,8,10,12-15,28H2,1-5H3,(H,30,31)/t22-/m0/s1. The zero-order chi connectivity index (χ0) is 27.7. The summed E-state index contributed by atoms with van der Waals surface area (Å²) in [4.78, 5) is 14.0. The highest BCUT2D eigenvalue weighted by Gasteiger charge is 2.33. The number of rotatable bonds is 9. The molecule has 2 aliphatic rings. The summed E-state index contributed by atoms with van der Waals surface area (Å²) in [5.74, 6) is 0.704. The van der Waals surface area contributed by atoms with Crippen molar-refractivity contribution in [3.8, 4) is 5.75 Å². The van der Waals surface area contributed by atoms with Crippen LogP contribution in [0.25, 0.3) is 0 Å². The summed E-state index contributed by atoms with van der Waals surface area (Å²) in [5.41, 5.74) is 15.7. The van der Waals surface area contributed by atoms with Gasteiger partial charge in [0.1, 0.15) is 17.7 Å². The van der Waals surface area contributed by atoms with E-state index in [1.165, 1.54) is 11.9 Å². The maximum atomic E-state index is 13.1. The monoisotopic (exact) mass is 559 g/mol. The van der Waals surface area contributed by atoms with Crippen molar-refractivity contribution < 1.29 is 17.9 Å². The van der Waals surface area contributed by atoms with Gasteiger partial charge in [-0.25, -0.2) is 5.43 Å². The van der Waals surface area contributed by atoms with Crippen LogP contribution in [0.15, 0.2) is 38.5 Å². The van der Waals surface area contributed by atoms with Crippen molar-refractivity contribution in [2.24, 2.45) is 10.1 Å². The molecule has 2 aromatic rings. The first-order valence-corrected chi connectivity index (χ1v) is 15.0. The number of amides is 1. The molecular formula is C27H37N5O4S2. The lowest BCUT2D eigenvalue weighted by atomic mass is 9.88. The Morgan fingerprint density at radius 2 is 1.97 bits per heavy atom. The summed E-state index contributed by atoms with van der Waals surface area (Å²) in [6.07, 6.45) is 3.85. The van der Waals surface area contributed by atoms with Crippen molar-refractivity contribution >= 4 is 34.2 Å². The summed E-state index contributed by atoms with van der Waals surface area (Å²) in [7, 11) is -3.92. The van der Waals surface area contributed by atoms with E-state index in [1.807, 2.05) is 52.0 Å². The molecule has 0 aromatic heterocycles. The second-order valence-electron chi connectivity index (χ2n) is 10.5. The van der Waals surface area contributed by atoms with E-state index in [4.69, 9.17) is 10.5 Å². The number of benzene rings is 2. The molecule has 11 heteroatoms. The summed E-state index contributed by atoms with van der Waals surface area (Å²) in [5, 5.41) is 0. The van der Waals surface area contributed by atoms with E-state index in [2.05, 4.69) is 15.2 Å². The molecule has 2 aromatic carbocycles. The van der Waals surface area contributed by atoms with Crippen LogP contribution >= 0.6 is 11.9 Å². The van der Waals surface area contributed by atoms with E-state index >= 15 is 0 Å². The predicted octanol–water partition coefficient (Wildman–Crippen LogP) is 3.68. The van der Waals surface area contributed by atoms with Gasteiger partial charge in [0.05, 0.1) is 17.5 Å². The summed E-state index contributed by atoms with van der Waals surface area (Å²) < 4.78 is 38.0. The third-order valence-corrected chi connectivity index (χ3v) is 9.79. The zero-order valence-electron chi connectivity index (χ0n) is 22.6. The first kappa shape index (κ1) is 28.4. The van der Waals surface area contributed by atoms with Crippen molar-refractivity contribution in [2.75, 3.05) is 6.54 Å². The van der Waals surface area contributed by atoms with E-state index in [0.29, 0.717) is 37.1 Å². The molecule has 0 saturated carbocycles. The SMILES string of the molecule is Cc1c(C)c(S(=O)(=O)/N=C/NNCCC[C@H](N)C(=O)N2Cc3ccccc3S2)c(C)c2c1OC(C)(C)CC2. The minimum Gasteiger partial charge on any atom is -0.487 e. The van der Waals surface area contributed by atoms with Gasteiger partial charge in [0, 0.05) is 11.4 Å². The molecular weight excluding hydrogens is 522 g/mol. The summed E-state index contributed by atoms with van der Waals surface area (Å²) in [6.45, 7) is 10.7. The topological polar surface area (TPSA) is 126 Å². The number of hydrazine groups is 1. The minimum atomic E-state index is -3.92. The molecule has 2 aliphatic heterocycles. The number of sulfonamides is 1. The van der Waals surface area contributed by atoms with Crippen molar-refractivity contribution in [3.63, 3.8) is 0 Å². The Balaban J connectivity index is 1.27. The van der Waals surface area contributed by atoms with Gasteiger partial charge in [-0.2, -0.15) is 8.42 Å². The summed E-state index contributed by atoms with van der Waals surface area (Å²) >= 11 is 1.43. The molecule has 206 valence electrons. The number of hydrogen-bond acceptors (Lipinski definition) is 7. The van der Waals surface area contributed by atoms with Gasteiger partial charge in [0.25, 0.3) is 10.0 Å². The highest BCUT2D eigenvalue weighted by Crippen LogP contribution is 2.42. The molecule has 4 N–H and O–H groups in total. The van der Waals surface area contributed by atoms with E-state index in [9.17, 15) is 13.2 Å².